The second kappa shape index (κ2) is 12.6. The van der Waals surface area contributed by atoms with Crippen molar-refractivity contribution >= 4 is 0 Å². The van der Waals surface area contributed by atoms with Gasteiger partial charge in [-0.05, 0) is 61.4 Å². The maximum Gasteiger partial charge on any atom is 0.119 e. The average molecular weight is 353 g/mol. The molecule has 0 saturated heterocycles. The smallest absolute Gasteiger partial charge is 0.119 e. The molecule has 26 heavy (non-hydrogen) atoms. The third kappa shape index (κ3) is 8.13. The molecule has 0 bridgehead atoms. The lowest BCUT2D eigenvalue weighted by Gasteiger charge is -2.19. The molecule has 1 unspecified atom stereocenters. The molecule has 0 aromatic heterocycles. The molecule has 0 saturated carbocycles. The molecule has 0 fully saturated rings. The van der Waals surface area contributed by atoms with E-state index >= 15 is 0 Å². The van der Waals surface area contributed by atoms with Crippen LogP contribution in [-0.2, 0) is 0 Å². The molecule has 0 N–H and O–H groups in total. The van der Waals surface area contributed by atoms with Crippen molar-refractivity contribution < 1.29 is 4.74 Å². The first-order chi connectivity index (χ1) is 12.8. The largest absolute Gasteiger partial charge is 0.494 e. The van der Waals surface area contributed by atoms with Gasteiger partial charge in [0.1, 0.15) is 5.75 Å². The van der Waals surface area contributed by atoms with E-state index < -0.39 is 0 Å². The van der Waals surface area contributed by atoms with Gasteiger partial charge in [-0.1, -0.05) is 76.7 Å². The molecule has 1 aliphatic rings. The SMILES string of the molecule is CCCCCCC1CC=C(C#Cc2ccc(OCCCCC)cc2)CC1. The number of hydrogen-bond acceptors (Lipinski definition) is 1. The number of hydrogen-bond donors (Lipinski definition) is 0. The van der Waals surface area contributed by atoms with Crippen LogP contribution in [0.25, 0.3) is 0 Å². The molecular weight excluding hydrogens is 316 g/mol. The molecule has 0 radical (unpaired) electrons. The van der Waals surface area contributed by atoms with Crippen LogP contribution in [0.5, 0.6) is 5.75 Å². The van der Waals surface area contributed by atoms with E-state index in [0.29, 0.717) is 0 Å². The van der Waals surface area contributed by atoms with Crippen molar-refractivity contribution in [1.29, 1.82) is 0 Å². The normalized spacial score (nSPS) is 16.5. The van der Waals surface area contributed by atoms with E-state index in [-0.39, 0.29) is 0 Å². The highest BCUT2D eigenvalue weighted by molar-refractivity contribution is 5.43. The van der Waals surface area contributed by atoms with Gasteiger partial charge in [-0.25, -0.2) is 0 Å². The van der Waals surface area contributed by atoms with Gasteiger partial charge in [0.15, 0.2) is 0 Å². The first kappa shape index (κ1) is 20.6. The van der Waals surface area contributed by atoms with Crippen LogP contribution in [0.1, 0.15) is 90.0 Å². The highest BCUT2D eigenvalue weighted by atomic mass is 16.5. The van der Waals surface area contributed by atoms with Crippen LogP contribution in [0.3, 0.4) is 0 Å². The van der Waals surface area contributed by atoms with Crippen LogP contribution < -0.4 is 4.74 Å². The summed E-state index contributed by atoms with van der Waals surface area (Å²) in [5, 5.41) is 0. The molecule has 2 rings (SSSR count). The summed E-state index contributed by atoms with van der Waals surface area (Å²) < 4.78 is 5.76. The lowest BCUT2D eigenvalue weighted by molar-refractivity contribution is 0.306. The average Bonchev–Trinajstić information content (AvgIpc) is 2.69. The van der Waals surface area contributed by atoms with Gasteiger partial charge in [-0.2, -0.15) is 0 Å². The first-order valence-corrected chi connectivity index (χ1v) is 10.8. The molecule has 1 aromatic carbocycles. The number of benzene rings is 1. The predicted octanol–water partition coefficient (Wildman–Crippen LogP) is 7.30. The second-order valence-corrected chi connectivity index (χ2v) is 7.55. The van der Waals surface area contributed by atoms with Gasteiger partial charge in [-0.15, -0.1) is 0 Å². The van der Waals surface area contributed by atoms with Crippen molar-refractivity contribution in [2.75, 3.05) is 6.61 Å². The fourth-order valence-corrected chi connectivity index (χ4v) is 3.45. The van der Waals surface area contributed by atoms with Crippen LogP contribution in [0.15, 0.2) is 35.9 Å². The lowest BCUT2D eigenvalue weighted by atomic mass is 9.86. The summed E-state index contributed by atoms with van der Waals surface area (Å²) in [5.41, 5.74) is 2.41. The third-order valence-electron chi connectivity index (χ3n) is 5.22. The topological polar surface area (TPSA) is 9.23 Å². The zero-order valence-electron chi connectivity index (χ0n) is 16.9. The van der Waals surface area contributed by atoms with E-state index in [9.17, 15) is 0 Å². The van der Waals surface area contributed by atoms with Gasteiger partial charge in [0.25, 0.3) is 0 Å². The van der Waals surface area contributed by atoms with Gasteiger partial charge in [-0.3, -0.25) is 0 Å². The Labute approximate surface area is 161 Å². The summed E-state index contributed by atoms with van der Waals surface area (Å²) in [6.45, 7) is 5.30. The Bertz CT molecular complexity index is 585. The van der Waals surface area contributed by atoms with E-state index in [1.807, 2.05) is 12.1 Å². The van der Waals surface area contributed by atoms with Crippen molar-refractivity contribution in [3.8, 4) is 17.6 Å². The summed E-state index contributed by atoms with van der Waals surface area (Å²) >= 11 is 0. The molecule has 142 valence electrons. The van der Waals surface area contributed by atoms with Crippen LogP contribution in [0.4, 0.5) is 0 Å². The Balaban J connectivity index is 1.74. The molecule has 0 amide bonds. The Morgan fingerprint density at radius 3 is 2.38 bits per heavy atom. The highest BCUT2D eigenvalue weighted by Crippen LogP contribution is 2.27. The van der Waals surface area contributed by atoms with Crippen LogP contribution in [0.2, 0.25) is 0 Å². The standard InChI is InChI=1S/C25H36O/c1-3-5-7-8-10-22-11-13-23(14-12-22)15-16-24-17-19-25(20-18-24)26-21-9-6-4-2/h13,17-20,22H,3-12,14,21H2,1-2H3. The van der Waals surface area contributed by atoms with Gasteiger partial charge in [0.05, 0.1) is 6.61 Å². The summed E-state index contributed by atoms with van der Waals surface area (Å²) in [6.07, 6.45) is 16.6. The molecule has 0 aliphatic heterocycles. The molecule has 1 aromatic rings. The fraction of sp³-hybridized carbons (Fsp3) is 0.600. The van der Waals surface area contributed by atoms with Crippen LogP contribution in [0, 0.1) is 17.8 Å². The molecule has 1 aliphatic carbocycles. The van der Waals surface area contributed by atoms with Gasteiger partial charge < -0.3 is 4.74 Å². The highest BCUT2D eigenvalue weighted by Gasteiger charge is 2.12. The summed E-state index contributed by atoms with van der Waals surface area (Å²) in [4.78, 5) is 0. The van der Waals surface area contributed by atoms with Crippen molar-refractivity contribution in [1.82, 2.24) is 0 Å². The van der Waals surface area contributed by atoms with Gasteiger partial charge in [0.2, 0.25) is 0 Å². The quantitative estimate of drug-likeness (QED) is 0.317. The first-order valence-electron chi connectivity index (χ1n) is 10.8. The molecular formula is C25H36O. The number of allylic oxidation sites excluding steroid dienone is 2. The Morgan fingerprint density at radius 1 is 0.923 bits per heavy atom. The number of rotatable bonds is 10. The predicted molar refractivity (Wildman–Crippen MR) is 113 cm³/mol. The minimum Gasteiger partial charge on any atom is -0.494 e. The summed E-state index contributed by atoms with van der Waals surface area (Å²) in [7, 11) is 0. The zero-order chi connectivity index (χ0) is 18.5. The lowest BCUT2D eigenvalue weighted by Crippen LogP contribution is -2.05. The van der Waals surface area contributed by atoms with Crippen LogP contribution >= 0.6 is 0 Å². The molecule has 1 atom stereocenters. The van der Waals surface area contributed by atoms with Crippen molar-refractivity contribution in [3.63, 3.8) is 0 Å². The number of unbranched alkanes of at least 4 members (excludes halogenated alkanes) is 5. The van der Waals surface area contributed by atoms with Gasteiger partial charge >= 0.3 is 0 Å². The van der Waals surface area contributed by atoms with Crippen LogP contribution in [-0.4, -0.2) is 6.61 Å². The van der Waals surface area contributed by atoms with Gasteiger partial charge in [0, 0.05) is 5.56 Å². The number of ether oxygens (including phenoxy) is 1. The summed E-state index contributed by atoms with van der Waals surface area (Å²) in [5.74, 6) is 8.55. The minimum atomic E-state index is 0.811. The van der Waals surface area contributed by atoms with Crippen molar-refractivity contribution in [2.24, 2.45) is 5.92 Å². The van der Waals surface area contributed by atoms with Crippen molar-refractivity contribution in [2.45, 2.75) is 84.5 Å². The second-order valence-electron chi connectivity index (χ2n) is 7.55. The fourth-order valence-electron chi connectivity index (χ4n) is 3.45. The minimum absolute atomic E-state index is 0.811. The molecule has 1 heteroatoms. The van der Waals surface area contributed by atoms with E-state index in [1.54, 1.807) is 0 Å². The van der Waals surface area contributed by atoms with E-state index in [1.165, 1.54) is 63.4 Å². The monoisotopic (exact) mass is 352 g/mol. The maximum atomic E-state index is 5.76. The van der Waals surface area contributed by atoms with E-state index in [2.05, 4.69) is 43.9 Å². The Kier molecular flexibility index (Phi) is 10.0. The zero-order valence-corrected chi connectivity index (χ0v) is 16.9. The molecule has 1 nitrogen and oxygen atoms in total. The molecule has 0 heterocycles. The Hall–Kier alpha value is -1.68. The van der Waals surface area contributed by atoms with E-state index in [4.69, 9.17) is 4.74 Å². The summed E-state index contributed by atoms with van der Waals surface area (Å²) in [6, 6.07) is 8.22. The third-order valence-corrected chi connectivity index (χ3v) is 5.22. The molecule has 0 spiro atoms. The Morgan fingerprint density at radius 2 is 1.69 bits per heavy atom. The van der Waals surface area contributed by atoms with E-state index in [0.717, 1.165) is 36.7 Å². The van der Waals surface area contributed by atoms with Crippen molar-refractivity contribution in [3.05, 3.63) is 41.5 Å². The maximum absolute atomic E-state index is 5.76.